The quantitative estimate of drug-likeness (QED) is 0.804. The normalized spacial score (nSPS) is 20.3. The first kappa shape index (κ1) is 12.9. The fourth-order valence-electron chi connectivity index (χ4n) is 2.39. The number of ketones is 1. The first-order valence-electron chi connectivity index (χ1n) is 6.63. The van der Waals surface area contributed by atoms with E-state index in [1.807, 2.05) is 24.3 Å². The largest absolute Gasteiger partial charge is 0.497 e. The molecule has 1 aliphatic carbocycles. The maximum atomic E-state index is 11.7. The molecular weight excluding hydrogens is 224 g/mol. The lowest BCUT2D eigenvalue weighted by Crippen LogP contribution is -2.17. The maximum Gasteiger partial charge on any atom is 0.136 e. The number of carbonyl (C=O) groups is 1. The molecule has 0 radical (unpaired) electrons. The highest BCUT2D eigenvalue weighted by Gasteiger charge is 2.20. The monoisotopic (exact) mass is 244 g/mol. The van der Waals surface area contributed by atoms with Gasteiger partial charge < -0.3 is 4.74 Å². The summed E-state index contributed by atoms with van der Waals surface area (Å²) < 4.78 is 5.11. The van der Waals surface area contributed by atoms with Crippen LogP contribution < -0.4 is 4.74 Å². The highest BCUT2D eigenvalue weighted by molar-refractivity contribution is 5.81. The molecule has 0 bridgehead atoms. The van der Waals surface area contributed by atoms with Gasteiger partial charge in [0, 0.05) is 12.3 Å². The van der Waals surface area contributed by atoms with Gasteiger partial charge in [0.05, 0.1) is 7.11 Å². The lowest BCUT2D eigenvalue weighted by molar-refractivity contribution is -0.124. The van der Waals surface area contributed by atoms with Gasteiger partial charge >= 0.3 is 0 Å². The first-order valence-corrected chi connectivity index (χ1v) is 6.63. The van der Waals surface area contributed by atoms with Gasteiger partial charge in [-0.15, -0.1) is 0 Å². The highest BCUT2D eigenvalue weighted by atomic mass is 16.5. The molecule has 96 valence electrons. The summed E-state index contributed by atoms with van der Waals surface area (Å²) in [6, 6.07) is 7.95. The predicted molar refractivity (Wildman–Crippen MR) is 73.6 cm³/mol. The van der Waals surface area contributed by atoms with Crippen LogP contribution in [0.1, 0.15) is 37.7 Å². The molecule has 0 N–H and O–H groups in total. The Morgan fingerprint density at radius 2 is 2.06 bits per heavy atom. The molecule has 0 aliphatic heterocycles. The minimum atomic E-state index is 0.258. The van der Waals surface area contributed by atoms with Crippen molar-refractivity contribution in [1.29, 1.82) is 0 Å². The van der Waals surface area contributed by atoms with Crippen molar-refractivity contribution in [3.63, 3.8) is 0 Å². The van der Waals surface area contributed by atoms with Gasteiger partial charge in [-0.2, -0.15) is 0 Å². The molecule has 1 fully saturated rings. The number of carbonyl (C=O) groups excluding carboxylic acids is 1. The molecule has 1 saturated carbocycles. The van der Waals surface area contributed by atoms with Gasteiger partial charge in [-0.1, -0.05) is 30.7 Å². The zero-order chi connectivity index (χ0) is 12.8. The van der Waals surface area contributed by atoms with Crippen molar-refractivity contribution in [2.45, 2.75) is 32.1 Å². The van der Waals surface area contributed by atoms with Crippen LogP contribution in [0.3, 0.4) is 0 Å². The Labute approximate surface area is 109 Å². The van der Waals surface area contributed by atoms with Crippen LogP contribution in [0.25, 0.3) is 6.08 Å². The molecule has 1 aliphatic rings. The van der Waals surface area contributed by atoms with Crippen LogP contribution in [-0.2, 0) is 4.79 Å². The van der Waals surface area contributed by atoms with Crippen molar-refractivity contribution in [2.24, 2.45) is 5.92 Å². The van der Waals surface area contributed by atoms with E-state index in [0.717, 1.165) is 37.0 Å². The van der Waals surface area contributed by atoms with Crippen LogP contribution >= 0.6 is 0 Å². The Kier molecular flexibility index (Phi) is 4.57. The number of rotatable bonds is 4. The molecule has 1 aromatic rings. The van der Waals surface area contributed by atoms with Crippen molar-refractivity contribution in [2.75, 3.05) is 7.11 Å². The summed E-state index contributed by atoms with van der Waals surface area (Å²) in [5.74, 6) is 1.57. The van der Waals surface area contributed by atoms with E-state index in [0.29, 0.717) is 5.78 Å². The van der Waals surface area contributed by atoms with Crippen molar-refractivity contribution >= 4 is 11.9 Å². The van der Waals surface area contributed by atoms with E-state index in [-0.39, 0.29) is 5.92 Å². The van der Waals surface area contributed by atoms with Crippen molar-refractivity contribution < 1.29 is 9.53 Å². The van der Waals surface area contributed by atoms with Gasteiger partial charge in [-0.05, 0) is 37.0 Å². The minimum Gasteiger partial charge on any atom is -0.497 e. The molecule has 2 heteroatoms. The van der Waals surface area contributed by atoms with Crippen molar-refractivity contribution in [3.05, 3.63) is 35.9 Å². The summed E-state index contributed by atoms with van der Waals surface area (Å²) in [4.78, 5) is 11.7. The molecule has 2 rings (SSSR count). The van der Waals surface area contributed by atoms with E-state index >= 15 is 0 Å². The third-order valence-corrected chi connectivity index (χ3v) is 3.53. The minimum absolute atomic E-state index is 0.258. The van der Waals surface area contributed by atoms with Gasteiger partial charge in [-0.25, -0.2) is 0 Å². The summed E-state index contributed by atoms with van der Waals surface area (Å²) in [5.41, 5.74) is 1.15. The number of ether oxygens (including phenoxy) is 1. The van der Waals surface area contributed by atoms with Crippen LogP contribution in [0, 0.1) is 5.92 Å². The second-order valence-corrected chi connectivity index (χ2v) is 4.82. The van der Waals surface area contributed by atoms with Crippen LogP contribution in [0.5, 0.6) is 5.75 Å². The summed E-state index contributed by atoms with van der Waals surface area (Å²) in [7, 11) is 1.67. The summed E-state index contributed by atoms with van der Waals surface area (Å²) in [5, 5.41) is 0. The standard InChI is InChI=1S/C16H20O2/c1-18-15-11-9-13(10-12-15)5-4-7-14-6-2-3-8-16(14)17/h4-5,9-12,14H,2-3,6-8H2,1H3/b5-4+/t14-/m0/s1. The number of Topliss-reactive ketones (excluding diaryl/α,β-unsaturated/α-hetero) is 1. The lowest BCUT2D eigenvalue weighted by atomic mass is 9.85. The van der Waals surface area contributed by atoms with E-state index in [4.69, 9.17) is 4.74 Å². The molecule has 2 nitrogen and oxygen atoms in total. The predicted octanol–water partition coefficient (Wildman–Crippen LogP) is 3.86. The Bertz CT molecular complexity index is 417. The van der Waals surface area contributed by atoms with Crippen LogP contribution in [0.4, 0.5) is 0 Å². The van der Waals surface area contributed by atoms with E-state index in [1.165, 1.54) is 6.42 Å². The third kappa shape index (κ3) is 3.46. The summed E-state index contributed by atoms with van der Waals surface area (Å²) >= 11 is 0. The Hall–Kier alpha value is -1.57. The number of hydrogen-bond acceptors (Lipinski definition) is 2. The van der Waals surface area contributed by atoms with E-state index in [9.17, 15) is 4.79 Å². The molecule has 0 spiro atoms. The number of hydrogen-bond donors (Lipinski definition) is 0. The summed E-state index contributed by atoms with van der Waals surface area (Å²) in [6.07, 6.45) is 9.21. The molecule has 0 amide bonds. The SMILES string of the molecule is COc1ccc(/C=C/C[C@@H]2CCCCC2=O)cc1. The Morgan fingerprint density at radius 3 is 2.72 bits per heavy atom. The van der Waals surface area contributed by atoms with Crippen LogP contribution in [-0.4, -0.2) is 12.9 Å². The Morgan fingerprint density at radius 1 is 1.28 bits per heavy atom. The molecular formula is C16H20O2. The zero-order valence-electron chi connectivity index (χ0n) is 10.9. The molecule has 18 heavy (non-hydrogen) atoms. The smallest absolute Gasteiger partial charge is 0.136 e. The fourth-order valence-corrected chi connectivity index (χ4v) is 2.39. The topological polar surface area (TPSA) is 26.3 Å². The van der Waals surface area contributed by atoms with Crippen molar-refractivity contribution in [3.8, 4) is 5.75 Å². The van der Waals surface area contributed by atoms with Gasteiger partial charge in [0.15, 0.2) is 0 Å². The van der Waals surface area contributed by atoms with Gasteiger partial charge in [0.2, 0.25) is 0 Å². The Balaban J connectivity index is 1.88. The van der Waals surface area contributed by atoms with Crippen LogP contribution in [0.2, 0.25) is 0 Å². The maximum absolute atomic E-state index is 11.7. The first-order chi connectivity index (χ1) is 8.79. The van der Waals surface area contributed by atoms with Gasteiger partial charge in [0.25, 0.3) is 0 Å². The molecule has 1 atom stereocenters. The highest BCUT2D eigenvalue weighted by Crippen LogP contribution is 2.24. The lowest BCUT2D eigenvalue weighted by Gasteiger charge is -2.18. The average Bonchev–Trinajstić information content (AvgIpc) is 2.42. The molecule has 0 aromatic heterocycles. The van der Waals surface area contributed by atoms with Crippen molar-refractivity contribution in [1.82, 2.24) is 0 Å². The van der Waals surface area contributed by atoms with E-state index in [2.05, 4.69) is 12.2 Å². The molecule has 1 aromatic carbocycles. The molecule has 0 heterocycles. The number of methoxy groups -OCH3 is 1. The molecule has 0 saturated heterocycles. The van der Waals surface area contributed by atoms with Gasteiger partial charge in [0.1, 0.15) is 11.5 Å². The van der Waals surface area contributed by atoms with Gasteiger partial charge in [-0.3, -0.25) is 4.79 Å². The average molecular weight is 244 g/mol. The molecule has 0 unspecified atom stereocenters. The fraction of sp³-hybridized carbons (Fsp3) is 0.438. The van der Waals surface area contributed by atoms with E-state index < -0.39 is 0 Å². The second kappa shape index (κ2) is 6.39. The van der Waals surface area contributed by atoms with E-state index in [1.54, 1.807) is 7.11 Å². The number of allylic oxidation sites excluding steroid dienone is 1. The number of benzene rings is 1. The summed E-state index contributed by atoms with van der Waals surface area (Å²) in [6.45, 7) is 0. The van der Waals surface area contributed by atoms with Crippen LogP contribution in [0.15, 0.2) is 30.3 Å². The second-order valence-electron chi connectivity index (χ2n) is 4.82. The third-order valence-electron chi connectivity index (χ3n) is 3.53. The zero-order valence-corrected chi connectivity index (χ0v) is 10.9.